The highest BCUT2D eigenvalue weighted by Crippen LogP contribution is 2.27. The average Bonchev–Trinajstić information content (AvgIpc) is 2.73. The fraction of sp³-hybridized carbons (Fsp3) is 0.375. The van der Waals surface area contributed by atoms with Crippen LogP contribution in [0, 0.1) is 0 Å². The quantitative estimate of drug-likeness (QED) is 0.842. The average molecular weight is 270 g/mol. The van der Waals surface area contributed by atoms with E-state index < -0.39 is 0 Å². The lowest BCUT2D eigenvalue weighted by atomic mass is 10.1. The Kier molecular flexibility index (Phi) is 3.54. The topological polar surface area (TPSA) is 44.1 Å². The van der Waals surface area contributed by atoms with E-state index in [-0.39, 0.29) is 5.56 Å². The van der Waals surface area contributed by atoms with E-state index in [1.807, 2.05) is 28.8 Å². The summed E-state index contributed by atoms with van der Waals surface area (Å²) in [5, 5.41) is 0. The van der Waals surface area contributed by atoms with E-state index in [0.717, 1.165) is 49.4 Å². The summed E-state index contributed by atoms with van der Waals surface area (Å²) in [6.07, 6.45) is 4.19. The molecule has 0 unspecified atom stereocenters. The van der Waals surface area contributed by atoms with Crippen LogP contribution in [0.1, 0.15) is 25.1 Å². The zero-order valence-corrected chi connectivity index (χ0v) is 11.6. The molecule has 0 aliphatic carbocycles. The Hall–Kier alpha value is -2.10. The van der Waals surface area contributed by atoms with Gasteiger partial charge in [-0.2, -0.15) is 0 Å². The molecule has 104 valence electrons. The van der Waals surface area contributed by atoms with E-state index in [0.29, 0.717) is 5.69 Å². The van der Waals surface area contributed by atoms with Crippen LogP contribution < -0.4 is 10.3 Å². The molecule has 1 aromatic carbocycles. The van der Waals surface area contributed by atoms with Crippen molar-refractivity contribution in [1.29, 1.82) is 0 Å². The molecule has 1 aromatic heterocycles. The maximum atomic E-state index is 12.3. The van der Waals surface area contributed by atoms with Gasteiger partial charge in [0.25, 0.3) is 5.56 Å². The van der Waals surface area contributed by atoms with Crippen molar-refractivity contribution in [2.24, 2.45) is 0 Å². The van der Waals surface area contributed by atoms with Crippen molar-refractivity contribution < 1.29 is 4.74 Å². The predicted molar refractivity (Wildman–Crippen MR) is 78.0 cm³/mol. The van der Waals surface area contributed by atoms with Crippen LogP contribution in [0.25, 0.3) is 11.3 Å². The second-order valence-corrected chi connectivity index (χ2v) is 5.06. The van der Waals surface area contributed by atoms with Crippen LogP contribution in [0.4, 0.5) is 0 Å². The molecule has 0 fully saturated rings. The number of nitrogens with zero attached hydrogens (tertiary/aromatic N) is 2. The summed E-state index contributed by atoms with van der Waals surface area (Å²) < 4.78 is 7.17. The van der Waals surface area contributed by atoms with Gasteiger partial charge >= 0.3 is 0 Å². The fourth-order valence-electron chi connectivity index (χ4n) is 2.71. The summed E-state index contributed by atoms with van der Waals surface area (Å²) in [6.45, 7) is 0.785. The second kappa shape index (κ2) is 5.49. The molecule has 4 heteroatoms. The molecule has 2 heterocycles. The van der Waals surface area contributed by atoms with Crippen LogP contribution >= 0.6 is 0 Å². The van der Waals surface area contributed by atoms with E-state index in [1.54, 1.807) is 13.2 Å². The van der Waals surface area contributed by atoms with Gasteiger partial charge < -0.3 is 4.74 Å². The molecule has 2 aromatic rings. The van der Waals surface area contributed by atoms with Crippen molar-refractivity contribution in [1.82, 2.24) is 9.55 Å². The third-order valence-electron chi connectivity index (χ3n) is 3.75. The number of aromatic nitrogens is 2. The first-order valence-electron chi connectivity index (χ1n) is 7.04. The molecule has 0 spiro atoms. The molecule has 4 nitrogen and oxygen atoms in total. The zero-order valence-electron chi connectivity index (χ0n) is 11.6. The molecule has 1 aliphatic heterocycles. The van der Waals surface area contributed by atoms with Crippen LogP contribution in [-0.4, -0.2) is 16.7 Å². The van der Waals surface area contributed by atoms with Gasteiger partial charge in [0, 0.05) is 24.6 Å². The number of hydrogen-bond donors (Lipinski definition) is 0. The lowest BCUT2D eigenvalue weighted by Crippen LogP contribution is -2.23. The van der Waals surface area contributed by atoms with Crippen LogP contribution in [0.2, 0.25) is 0 Å². The molecular weight excluding hydrogens is 252 g/mol. The molecule has 0 radical (unpaired) electrons. The number of benzene rings is 1. The van der Waals surface area contributed by atoms with Crippen molar-refractivity contribution >= 4 is 0 Å². The molecule has 20 heavy (non-hydrogen) atoms. The molecule has 0 saturated heterocycles. The number of hydrogen-bond acceptors (Lipinski definition) is 3. The summed E-state index contributed by atoms with van der Waals surface area (Å²) in [6, 6.07) is 9.29. The van der Waals surface area contributed by atoms with Gasteiger partial charge in [-0.1, -0.05) is 18.6 Å². The Labute approximate surface area is 118 Å². The maximum absolute atomic E-state index is 12.3. The SMILES string of the molecule is COc1ccccc1-c1cc(=O)n2c(n1)CCCCC2. The van der Waals surface area contributed by atoms with Crippen LogP contribution in [-0.2, 0) is 13.0 Å². The Morgan fingerprint density at radius 3 is 2.90 bits per heavy atom. The Morgan fingerprint density at radius 2 is 2.05 bits per heavy atom. The van der Waals surface area contributed by atoms with Gasteiger partial charge in [0.15, 0.2) is 0 Å². The highest BCUT2D eigenvalue weighted by atomic mass is 16.5. The number of rotatable bonds is 2. The van der Waals surface area contributed by atoms with Crippen LogP contribution in [0.3, 0.4) is 0 Å². The minimum Gasteiger partial charge on any atom is -0.496 e. The van der Waals surface area contributed by atoms with Gasteiger partial charge in [-0.3, -0.25) is 9.36 Å². The molecule has 1 aliphatic rings. The molecular formula is C16H18N2O2. The van der Waals surface area contributed by atoms with Crippen molar-refractivity contribution in [2.45, 2.75) is 32.2 Å². The van der Waals surface area contributed by atoms with Gasteiger partial charge in [0.1, 0.15) is 11.6 Å². The third-order valence-corrected chi connectivity index (χ3v) is 3.75. The first-order valence-corrected chi connectivity index (χ1v) is 7.04. The Balaban J connectivity index is 2.14. The Bertz CT molecular complexity index is 676. The van der Waals surface area contributed by atoms with E-state index in [1.165, 1.54) is 0 Å². The minimum atomic E-state index is 0.0396. The largest absolute Gasteiger partial charge is 0.496 e. The first kappa shape index (κ1) is 12.9. The highest BCUT2D eigenvalue weighted by molar-refractivity contribution is 5.66. The lowest BCUT2D eigenvalue weighted by molar-refractivity contribution is 0.416. The standard InChI is InChI=1S/C16H18N2O2/c1-20-14-8-5-4-7-12(14)13-11-16(19)18-10-6-2-3-9-15(18)17-13/h4-5,7-8,11H,2-3,6,9-10H2,1H3. The summed E-state index contributed by atoms with van der Waals surface area (Å²) in [5.74, 6) is 1.65. The highest BCUT2D eigenvalue weighted by Gasteiger charge is 2.14. The van der Waals surface area contributed by atoms with E-state index in [4.69, 9.17) is 9.72 Å². The van der Waals surface area contributed by atoms with Crippen molar-refractivity contribution in [2.75, 3.05) is 7.11 Å². The number of ether oxygens (including phenoxy) is 1. The fourth-order valence-corrected chi connectivity index (χ4v) is 2.71. The van der Waals surface area contributed by atoms with E-state index in [9.17, 15) is 4.79 Å². The van der Waals surface area contributed by atoms with Crippen molar-refractivity contribution in [3.63, 3.8) is 0 Å². The smallest absolute Gasteiger partial charge is 0.254 e. The number of aryl methyl sites for hydroxylation is 1. The van der Waals surface area contributed by atoms with Gasteiger partial charge in [-0.05, 0) is 25.0 Å². The van der Waals surface area contributed by atoms with Gasteiger partial charge in [-0.25, -0.2) is 4.98 Å². The molecule has 0 saturated carbocycles. The van der Waals surface area contributed by atoms with Crippen molar-refractivity contribution in [3.8, 4) is 17.0 Å². The van der Waals surface area contributed by atoms with E-state index in [2.05, 4.69) is 0 Å². The zero-order chi connectivity index (χ0) is 13.9. The monoisotopic (exact) mass is 270 g/mol. The molecule has 0 amide bonds. The summed E-state index contributed by atoms with van der Waals surface area (Å²) >= 11 is 0. The van der Waals surface area contributed by atoms with Gasteiger partial charge in [0.05, 0.1) is 12.8 Å². The lowest BCUT2D eigenvalue weighted by Gasteiger charge is -2.12. The molecule has 3 rings (SSSR count). The molecule has 0 bridgehead atoms. The van der Waals surface area contributed by atoms with E-state index >= 15 is 0 Å². The number of fused-ring (bicyclic) bond motifs is 1. The second-order valence-electron chi connectivity index (χ2n) is 5.06. The summed E-state index contributed by atoms with van der Waals surface area (Å²) in [5.41, 5.74) is 1.62. The third kappa shape index (κ3) is 2.33. The molecule has 0 N–H and O–H groups in total. The number of para-hydroxylation sites is 1. The van der Waals surface area contributed by atoms with Gasteiger partial charge in [0.2, 0.25) is 0 Å². The number of methoxy groups -OCH3 is 1. The minimum absolute atomic E-state index is 0.0396. The van der Waals surface area contributed by atoms with Crippen molar-refractivity contribution in [3.05, 3.63) is 46.5 Å². The first-order chi connectivity index (χ1) is 9.79. The molecule has 0 atom stereocenters. The summed E-state index contributed by atoms with van der Waals surface area (Å²) in [4.78, 5) is 17.0. The maximum Gasteiger partial charge on any atom is 0.254 e. The Morgan fingerprint density at radius 1 is 1.20 bits per heavy atom. The normalized spacial score (nSPS) is 14.4. The predicted octanol–water partition coefficient (Wildman–Crippen LogP) is 2.65. The van der Waals surface area contributed by atoms with Crippen LogP contribution in [0.15, 0.2) is 35.1 Å². The van der Waals surface area contributed by atoms with Gasteiger partial charge in [-0.15, -0.1) is 0 Å². The van der Waals surface area contributed by atoms with Crippen LogP contribution in [0.5, 0.6) is 5.75 Å². The summed E-state index contributed by atoms with van der Waals surface area (Å²) in [7, 11) is 1.63.